The van der Waals surface area contributed by atoms with E-state index in [1.54, 1.807) is 48.5 Å². The number of anilines is 2. The number of benzene rings is 3. The summed E-state index contributed by atoms with van der Waals surface area (Å²) in [5.41, 5.74) is 2.99. The fourth-order valence-corrected chi connectivity index (χ4v) is 3.14. The van der Waals surface area contributed by atoms with E-state index in [4.69, 9.17) is 23.2 Å². The van der Waals surface area contributed by atoms with Gasteiger partial charge in [0, 0.05) is 21.4 Å². The third-order valence-electron chi connectivity index (χ3n) is 3.96. The fourth-order valence-electron chi connectivity index (χ4n) is 2.71. The molecular weight excluding hydrogens is 395 g/mol. The largest absolute Gasteiger partial charge is 0.326 e. The quantitative estimate of drug-likeness (QED) is 0.572. The topological polar surface area (TPSA) is 58.2 Å². The number of amides is 2. The number of halogens is 2. The maximum absolute atomic E-state index is 12.2. The zero-order chi connectivity index (χ0) is 19.9. The van der Waals surface area contributed by atoms with Crippen molar-refractivity contribution in [1.82, 2.24) is 0 Å². The summed E-state index contributed by atoms with van der Waals surface area (Å²) in [4.78, 5) is 24.3. The van der Waals surface area contributed by atoms with Gasteiger partial charge in [-0.15, -0.1) is 0 Å². The van der Waals surface area contributed by atoms with Crippen LogP contribution in [0.1, 0.15) is 11.1 Å². The Bertz CT molecular complexity index is 907. The molecule has 6 heteroatoms. The predicted octanol–water partition coefficient (Wildman–Crippen LogP) is 5.36. The van der Waals surface area contributed by atoms with Gasteiger partial charge in [-0.2, -0.15) is 0 Å². The average molecular weight is 413 g/mol. The van der Waals surface area contributed by atoms with Gasteiger partial charge in [-0.3, -0.25) is 9.59 Å². The summed E-state index contributed by atoms with van der Waals surface area (Å²) in [6.07, 6.45) is 0.470. The lowest BCUT2D eigenvalue weighted by atomic mass is 10.1. The van der Waals surface area contributed by atoms with Crippen molar-refractivity contribution in [3.63, 3.8) is 0 Å². The molecule has 2 amide bonds. The minimum absolute atomic E-state index is 0.139. The summed E-state index contributed by atoms with van der Waals surface area (Å²) in [5.74, 6) is -0.278. The van der Waals surface area contributed by atoms with E-state index in [1.807, 2.05) is 24.3 Å². The Morgan fingerprint density at radius 2 is 1.04 bits per heavy atom. The van der Waals surface area contributed by atoms with Gasteiger partial charge < -0.3 is 10.6 Å². The van der Waals surface area contributed by atoms with Crippen LogP contribution in [0, 0.1) is 0 Å². The first kappa shape index (κ1) is 19.9. The number of carbonyl (C=O) groups is 2. The van der Waals surface area contributed by atoms with Crippen LogP contribution in [0.2, 0.25) is 10.0 Å². The molecule has 0 unspecified atom stereocenters. The van der Waals surface area contributed by atoms with Crippen LogP contribution in [-0.4, -0.2) is 11.8 Å². The molecule has 0 aliphatic carbocycles. The van der Waals surface area contributed by atoms with Crippen molar-refractivity contribution in [3.05, 3.63) is 94.0 Å². The van der Waals surface area contributed by atoms with Crippen LogP contribution >= 0.6 is 23.2 Å². The van der Waals surface area contributed by atoms with Crippen molar-refractivity contribution in [3.8, 4) is 0 Å². The summed E-state index contributed by atoms with van der Waals surface area (Å²) in [5, 5.41) is 6.85. The third-order valence-corrected chi connectivity index (χ3v) is 4.43. The molecule has 4 nitrogen and oxygen atoms in total. The number of nitrogens with one attached hydrogen (secondary N) is 2. The number of hydrogen-bond acceptors (Lipinski definition) is 2. The number of hydrogen-bond donors (Lipinski definition) is 2. The van der Waals surface area contributed by atoms with Gasteiger partial charge in [0.2, 0.25) is 11.8 Å². The van der Waals surface area contributed by atoms with Crippen molar-refractivity contribution in [2.45, 2.75) is 12.8 Å². The summed E-state index contributed by atoms with van der Waals surface area (Å²) in [6.45, 7) is 0. The molecule has 0 radical (unpaired) electrons. The third kappa shape index (κ3) is 6.12. The highest BCUT2D eigenvalue weighted by atomic mass is 35.5. The standard InChI is InChI=1S/C22H18Cl2N2O2/c23-17-5-1-3-15(11-17)13-21(27)25-19-7-9-20(10-8-19)26-22(28)14-16-4-2-6-18(24)12-16/h1-12H,13-14H2,(H,25,27)(H,26,28). The lowest BCUT2D eigenvalue weighted by molar-refractivity contribution is -0.116. The normalized spacial score (nSPS) is 10.4. The molecule has 0 saturated carbocycles. The molecule has 0 heterocycles. The van der Waals surface area contributed by atoms with Crippen LogP contribution in [0.4, 0.5) is 11.4 Å². The van der Waals surface area contributed by atoms with Gasteiger partial charge in [0.05, 0.1) is 12.8 Å². The summed E-state index contributed by atoms with van der Waals surface area (Å²) in [7, 11) is 0. The van der Waals surface area contributed by atoms with Gasteiger partial charge in [-0.25, -0.2) is 0 Å². The average Bonchev–Trinajstić information content (AvgIpc) is 2.63. The highest BCUT2D eigenvalue weighted by Gasteiger charge is 2.07. The molecule has 142 valence electrons. The predicted molar refractivity (Wildman–Crippen MR) is 114 cm³/mol. The zero-order valence-electron chi connectivity index (χ0n) is 14.9. The van der Waals surface area contributed by atoms with E-state index in [1.165, 1.54) is 0 Å². The Balaban J connectivity index is 1.52. The SMILES string of the molecule is O=C(Cc1cccc(Cl)c1)Nc1ccc(NC(=O)Cc2cccc(Cl)c2)cc1. The molecule has 0 aliphatic rings. The molecule has 0 aliphatic heterocycles. The van der Waals surface area contributed by atoms with Gasteiger partial charge >= 0.3 is 0 Å². The van der Waals surface area contributed by atoms with Gasteiger partial charge in [0.25, 0.3) is 0 Å². The van der Waals surface area contributed by atoms with Gasteiger partial charge in [-0.05, 0) is 59.7 Å². The van der Waals surface area contributed by atoms with Gasteiger partial charge in [0.1, 0.15) is 0 Å². The number of carbonyl (C=O) groups excluding carboxylic acids is 2. The first-order valence-corrected chi connectivity index (χ1v) is 9.42. The fraction of sp³-hybridized carbons (Fsp3) is 0.0909. The molecule has 0 bridgehead atoms. The smallest absolute Gasteiger partial charge is 0.228 e. The molecule has 0 fully saturated rings. The van der Waals surface area contributed by atoms with E-state index in [9.17, 15) is 9.59 Å². The minimum atomic E-state index is -0.139. The second kappa shape index (κ2) is 9.40. The molecule has 28 heavy (non-hydrogen) atoms. The minimum Gasteiger partial charge on any atom is -0.326 e. The number of rotatable bonds is 6. The van der Waals surface area contributed by atoms with Crippen molar-refractivity contribution < 1.29 is 9.59 Å². The Morgan fingerprint density at radius 3 is 1.39 bits per heavy atom. The second-order valence-corrected chi connectivity index (χ2v) is 7.16. The highest BCUT2D eigenvalue weighted by Crippen LogP contribution is 2.16. The van der Waals surface area contributed by atoms with Crippen LogP contribution in [0.25, 0.3) is 0 Å². The molecule has 0 spiro atoms. The molecular formula is C22H18Cl2N2O2. The van der Waals surface area contributed by atoms with E-state index in [0.717, 1.165) is 11.1 Å². The Kier molecular flexibility index (Phi) is 6.69. The van der Waals surface area contributed by atoms with E-state index in [-0.39, 0.29) is 24.7 Å². The van der Waals surface area contributed by atoms with Crippen molar-refractivity contribution in [1.29, 1.82) is 0 Å². The molecule has 0 aromatic heterocycles. The monoisotopic (exact) mass is 412 g/mol. The van der Waals surface area contributed by atoms with Gasteiger partial charge in [-0.1, -0.05) is 47.5 Å². The summed E-state index contributed by atoms with van der Waals surface area (Å²) >= 11 is 11.9. The van der Waals surface area contributed by atoms with Crippen LogP contribution in [0.5, 0.6) is 0 Å². The molecule has 3 aromatic rings. The van der Waals surface area contributed by atoms with Crippen LogP contribution in [-0.2, 0) is 22.4 Å². The Morgan fingerprint density at radius 1 is 0.643 bits per heavy atom. The maximum Gasteiger partial charge on any atom is 0.228 e. The lowest BCUT2D eigenvalue weighted by Crippen LogP contribution is -2.15. The second-order valence-electron chi connectivity index (χ2n) is 6.29. The van der Waals surface area contributed by atoms with E-state index < -0.39 is 0 Å². The van der Waals surface area contributed by atoms with Crippen molar-refractivity contribution in [2.24, 2.45) is 0 Å². The lowest BCUT2D eigenvalue weighted by Gasteiger charge is -2.09. The zero-order valence-corrected chi connectivity index (χ0v) is 16.4. The molecule has 2 N–H and O–H groups in total. The summed E-state index contributed by atoms with van der Waals surface area (Å²) in [6, 6.07) is 21.3. The van der Waals surface area contributed by atoms with Gasteiger partial charge in [0.15, 0.2) is 0 Å². The first-order chi connectivity index (χ1) is 13.5. The highest BCUT2D eigenvalue weighted by molar-refractivity contribution is 6.31. The molecule has 0 atom stereocenters. The maximum atomic E-state index is 12.2. The van der Waals surface area contributed by atoms with Crippen LogP contribution in [0.15, 0.2) is 72.8 Å². The van der Waals surface area contributed by atoms with Crippen LogP contribution in [0.3, 0.4) is 0 Å². The van der Waals surface area contributed by atoms with Crippen molar-refractivity contribution >= 4 is 46.4 Å². The van der Waals surface area contributed by atoms with Crippen molar-refractivity contribution in [2.75, 3.05) is 10.6 Å². The Labute approximate surface area is 173 Å². The first-order valence-electron chi connectivity index (χ1n) is 8.66. The molecule has 3 aromatic carbocycles. The van der Waals surface area contributed by atoms with E-state index in [0.29, 0.717) is 21.4 Å². The van der Waals surface area contributed by atoms with E-state index in [2.05, 4.69) is 10.6 Å². The van der Waals surface area contributed by atoms with Crippen LogP contribution < -0.4 is 10.6 Å². The molecule has 3 rings (SSSR count). The van der Waals surface area contributed by atoms with E-state index >= 15 is 0 Å². The summed E-state index contributed by atoms with van der Waals surface area (Å²) < 4.78 is 0. The molecule has 0 saturated heterocycles. The Hall–Kier alpha value is -2.82.